The Balaban J connectivity index is 1.51. The van der Waals surface area contributed by atoms with Crippen molar-refractivity contribution >= 4 is 39.2 Å². The topological polar surface area (TPSA) is 79.8 Å². The Hall–Kier alpha value is -3.90. The Morgan fingerprint density at radius 1 is 0.946 bits per heavy atom. The zero-order chi connectivity index (χ0) is 25.9. The molecule has 0 aliphatic rings. The van der Waals surface area contributed by atoms with Crippen LogP contribution in [0.5, 0.6) is 0 Å². The van der Waals surface area contributed by atoms with E-state index in [0.717, 1.165) is 28.5 Å². The number of fused-ring (bicyclic) bond motifs is 2. The molecule has 0 aliphatic heterocycles. The molecular weight excluding hydrogens is 484 g/mol. The molecule has 2 heterocycles. The molecule has 1 amide bonds. The van der Waals surface area contributed by atoms with Crippen molar-refractivity contribution in [2.24, 2.45) is 5.92 Å². The number of benzene rings is 3. The highest BCUT2D eigenvalue weighted by atomic mass is 35.5. The molecule has 6 nitrogen and oxygen atoms in total. The molecule has 5 rings (SSSR count). The number of hydrogen-bond donors (Lipinski definition) is 2. The average Bonchev–Trinajstić information content (AvgIpc) is 3.33. The van der Waals surface area contributed by atoms with Crippen molar-refractivity contribution in [2.45, 2.75) is 32.7 Å². The fourth-order valence-electron chi connectivity index (χ4n) is 4.74. The van der Waals surface area contributed by atoms with Crippen molar-refractivity contribution in [3.63, 3.8) is 0 Å². The maximum Gasteiger partial charge on any atom is 0.274 e. The van der Waals surface area contributed by atoms with Gasteiger partial charge in [0.25, 0.3) is 11.5 Å². The van der Waals surface area contributed by atoms with E-state index >= 15 is 0 Å². The van der Waals surface area contributed by atoms with E-state index in [0.29, 0.717) is 34.8 Å². The van der Waals surface area contributed by atoms with Gasteiger partial charge in [-0.25, -0.2) is 4.68 Å². The molecule has 188 valence electrons. The zero-order valence-corrected chi connectivity index (χ0v) is 21.6. The van der Waals surface area contributed by atoms with Crippen LogP contribution in [-0.4, -0.2) is 27.2 Å². The Kier molecular flexibility index (Phi) is 7.10. The first-order chi connectivity index (χ1) is 17.9. The third kappa shape index (κ3) is 5.02. The molecule has 0 spiro atoms. The van der Waals surface area contributed by atoms with Gasteiger partial charge in [-0.2, -0.15) is 5.10 Å². The summed E-state index contributed by atoms with van der Waals surface area (Å²) >= 11 is 6.62. The first-order valence-electron chi connectivity index (χ1n) is 12.5. The molecule has 2 N–H and O–H groups in total. The van der Waals surface area contributed by atoms with Crippen LogP contribution in [0.15, 0.2) is 83.8 Å². The maximum absolute atomic E-state index is 13.6. The molecule has 1 atom stereocenters. The van der Waals surface area contributed by atoms with Gasteiger partial charge in [0, 0.05) is 46.5 Å². The Bertz CT molecular complexity index is 1640. The largest absolute Gasteiger partial charge is 0.361 e. The second-order valence-corrected chi connectivity index (χ2v) is 10.1. The summed E-state index contributed by atoms with van der Waals surface area (Å²) in [5, 5.41) is 10.4. The molecule has 7 heteroatoms. The van der Waals surface area contributed by atoms with Gasteiger partial charge in [0.2, 0.25) is 0 Å². The lowest BCUT2D eigenvalue weighted by Crippen LogP contribution is -2.33. The smallest absolute Gasteiger partial charge is 0.274 e. The molecule has 0 radical (unpaired) electrons. The van der Waals surface area contributed by atoms with Crippen LogP contribution in [0.1, 0.15) is 47.8 Å². The molecule has 0 saturated carbocycles. The van der Waals surface area contributed by atoms with Gasteiger partial charge in [-0.15, -0.1) is 0 Å². The van der Waals surface area contributed by atoms with E-state index in [9.17, 15) is 9.59 Å². The van der Waals surface area contributed by atoms with E-state index in [1.807, 2.05) is 60.8 Å². The standard InChI is InChI=1S/C30H29ClN4O2/c1-19(2)15-16-35-30(37)23-12-4-3-11-22(23)28(34-35)29(36)33-18-24(20-9-5-7-13-26(20)31)25-17-32-27-14-8-6-10-21(25)27/h3-14,17,19,24,32H,15-16,18H2,1-2H3,(H,33,36). The van der Waals surface area contributed by atoms with Crippen molar-refractivity contribution in [1.82, 2.24) is 20.1 Å². The predicted octanol–water partition coefficient (Wildman–Crippen LogP) is 6.14. The molecule has 0 fully saturated rings. The van der Waals surface area contributed by atoms with E-state index in [4.69, 9.17) is 11.6 Å². The van der Waals surface area contributed by atoms with Crippen LogP contribution < -0.4 is 10.9 Å². The van der Waals surface area contributed by atoms with Gasteiger partial charge in [0.1, 0.15) is 0 Å². The SMILES string of the molecule is CC(C)CCn1nc(C(=O)NCC(c2ccccc2Cl)c2c[nH]c3ccccc23)c2ccccc2c1=O. The van der Waals surface area contributed by atoms with Gasteiger partial charge < -0.3 is 10.3 Å². The number of aromatic nitrogens is 3. The third-order valence-corrected chi connectivity index (χ3v) is 7.09. The first-order valence-corrected chi connectivity index (χ1v) is 12.9. The zero-order valence-electron chi connectivity index (χ0n) is 20.9. The molecule has 5 aromatic rings. The fourth-order valence-corrected chi connectivity index (χ4v) is 5.01. The van der Waals surface area contributed by atoms with Gasteiger partial charge in [0.15, 0.2) is 5.69 Å². The number of halogens is 1. The van der Waals surface area contributed by atoms with Crippen molar-refractivity contribution in [1.29, 1.82) is 0 Å². The van der Waals surface area contributed by atoms with Crippen LogP contribution in [0.2, 0.25) is 5.02 Å². The lowest BCUT2D eigenvalue weighted by molar-refractivity contribution is 0.0947. The van der Waals surface area contributed by atoms with E-state index in [1.54, 1.807) is 12.1 Å². The minimum Gasteiger partial charge on any atom is -0.361 e. The Morgan fingerprint density at radius 2 is 1.62 bits per heavy atom. The van der Waals surface area contributed by atoms with Gasteiger partial charge >= 0.3 is 0 Å². The Labute approximate surface area is 220 Å². The summed E-state index contributed by atoms with van der Waals surface area (Å²) in [6.07, 6.45) is 2.77. The van der Waals surface area contributed by atoms with Gasteiger partial charge in [-0.1, -0.05) is 80.0 Å². The van der Waals surface area contributed by atoms with Crippen molar-refractivity contribution < 1.29 is 4.79 Å². The summed E-state index contributed by atoms with van der Waals surface area (Å²) in [5.41, 5.74) is 3.06. The van der Waals surface area contributed by atoms with Crippen LogP contribution >= 0.6 is 11.6 Å². The van der Waals surface area contributed by atoms with Crippen molar-refractivity contribution in [3.8, 4) is 0 Å². The quantitative estimate of drug-likeness (QED) is 0.262. The molecule has 0 bridgehead atoms. The van der Waals surface area contributed by atoms with E-state index in [1.165, 1.54) is 4.68 Å². The third-order valence-electron chi connectivity index (χ3n) is 6.75. The summed E-state index contributed by atoms with van der Waals surface area (Å²) in [5.74, 6) is -0.108. The predicted molar refractivity (Wildman–Crippen MR) is 149 cm³/mol. The number of hydrogen-bond acceptors (Lipinski definition) is 3. The number of aryl methyl sites for hydroxylation is 1. The van der Waals surface area contributed by atoms with Crippen LogP contribution in [0, 0.1) is 5.92 Å². The van der Waals surface area contributed by atoms with Crippen LogP contribution in [0.4, 0.5) is 0 Å². The summed E-state index contributed by atoms with van der Waals surface area (Å²) < 4.78 is 1.42. The molecule has 0 aliphatic carbocycles. The fraction of sp³-hybridized carbons (Fsp3) is 0.233. The molecular formula is C30H29ClN4O2. The highest BCUT2D eigenvalue weighted by Crippen LogP contribution is 2.34. The monoisotopic (exact) mass is 512 g/mol. The van der Waals surface area contributed by atoms with Crippen LogP contribution in [-0.2, 0) is 6.54 Å². The molecule has 1 unspecified atom stereocenters. The number of nitrogens with one attached hydrogen (secondary N) is 2. The summed E-state index contributed by atoms with van der Waals surface area (Å²) in [6, 6.07) is 22.9. The van der Waals surface area contributed by atoms with Crippen LogP contribution in [0.3, 0.4) is 0 Å². The number of H-pyrrole nitrogens is 1. The summed E-state index contributed by atoms with van der Waals surface area (Å²) in [7, 11) is 0. The average molecular weight is 513 g/mol. The number of carbonyl (C=O) groups excluding carboxylic acids is 1. The molecule has 0 saturated heterocycles. The first kappa shape index (κ1) is 24.8. The second-order valence-electron chi connectivity index (χ2n) is 9.68. The lowest BCUT2D eigenvalue weighted by Gasteiger charge is -2.20. The normalized spacial score (nSPS) is 12.3. The van der Waals surface area contributed by atoms with Gasteiger partial charge in [-0.05, 0) is 41.7 Å². The lowest BCUT2D eigenvalue weighted by atomic mass is 9.90. The number of carbonyl (C=O) groups is 1. The second kappa shape index (κ2) is 10.6. The van der Waals surface area contributed by atoms with Gasteiger partial charge in [-0.3, -0.25) is 9.59 Å². The van der Waals surface area contributed by atoms with Gasteiger partial charge in [0.05, 0.1) is 5.39 Å². The molecule has 37 heavy (non-hydrogen) atoms. The number of aromatic amines is 1. The maximum atomic E-state index is 13.6. The number of para-hydroxylation sites is 1. The number of rotatable bonds is 8. The minimum absolute atomic E-state index is 0.180. The van der Waals surface area contributed by atoms with E-state index in [2.05, 4.69) is 35.3 Å². The highest BCUT2D eigenvalue weighted by Gasteiger charge is 2.23. The van der Waals surface area contributed by atoms with Crippen LogP contribution in [0.25, 0.3) is 21.7 Å². The van der Waals surface area contributed by atoms with E-state index < -0.39 is 0 Å². The highest BCUT2D eigenvalue weighted by molar-refractivity contribution is 6.31. The number of amides is 1. The summed E-state index contributed by atoms with van der Waals surface area (Å²) in [6.45, 7) is 4.96. The van der Waals surface area contributed by atoms with Crippen molar-refractivity contribution in [2.75, 3.05) is 6.54 Å². The molecule has 2 aromatic heterocycles. The van der Waals surface area contributed by atoms with E-state index in [-0.39, 0.29) is 23.1 Å². The number of nitrogens with zero attached hydrogens (tertiary/aromatic N) is 2. The molecule has 3 aromatic carbocycles. The Morgan fingerprint density at radius 3 is 2.38 bits per heavy atom. The minimum atomic E-state index is -0.327. The van der Waals surface area contributed by atoms with Crippen molar-refractivity contribution in [3.05, 3.63) is 111 Å². The summed E-state index contributed by atoms with van der Waals surface area (Å²) in [4.78, 5) is 30.0.